The standard InChI is InChI=1S/C21H23FN2O3/c1-21(2,18-13-24-19-9-4-14(22)12-17(18)19)20(25)23-10-11-27-16-7-5-15(26-3)6-8-16/h4-9,12-13,24H,10-11H2,1-3H3,(H,23,25). The van der Waals surface area contributed by atoms with Crippen LogP contribution in [0.25, 0.3) is 10.9 Å². The molecule has 2 aromatic carbocycles. The number of aromatic nitrogens is 1. The molecule has 0 saturated carbocycles. The van der Waals surface area contributed by atoms with Crippen molar-refractivity contribution in [3.8, 4) is 11.5 Å². The summed E-state index contributed by atoms with van der Waals surface area (Å²) in [7, 11) is 1.61. The number of carbonyl (C=O) groups is 1. The predicted molar refractivity (Wildman–Crippen MR) is 103 cm³/mol. The van der Waals surface area contributed by atoms with Crippen LogP contribution < -0.4 is 14.8 Å². The topological polar surface area (TPSA) is 63.4 Å². The minimum Gasteiger partial charge on any atom is -0.497 e. The van der Waals surface area contributed by atoms with Gasteiger partial charge in [-0.15, -0.1) is 0 Å². The molecule has 0 unspecified atom stereocenters. The number of hydrogen-bond acceptors (Lipinski definition) is 3. The zero-order valence-electron chi connectivity index (χ0n) is 15.6. The average Bonchev–Trinajstić information content (AvgIpc) is 3.09. The number of rotatable bonds is 7. The molecule has 142 valence electrons. The number of fused-ring (bicyclic) bond motifs is 1. The Balaban J connectivity index is 1.59. The van der Waals surface area contributed by atoms with E-state index in [0.29, 0.717) is 24.3 Å². The van der Waals surface area contributed by atoms with Gasteiger partial charge in [0.25, 0.3) is 0 Å². The van der Waals surface area contributed by atoms with Gasteiger partial charge in [0.15, 0.2) is 0 Å². The van der Waals surface area contributed by atoms with E-state index in [1.54, 1.807) is 19.4 Å². The lowest BCUT2D eigenvalue weighted by Gasteiger charge is -2.23. The van der Waals surface area contributed by atoms with Crippen molar-refractivity contribution in [2.24, 2.45) is 0 Å². The van der Waals surface area contributed by atoms with Crippen molar-refractivity contribution >= 4 is 16.8 Å². The second-order valence-corrected chi connectivity index (χ2v) is 6.80. The molecule has 6 heteroatoms. The maximum absolute atomic E-state index is 13.6. The van der Waals surface area contributed by atoms with Gasteiger partial charge in [-0.05, 0) is 61.9 Å². The van der Waals surface area contributed by atoms with Gasteiger partial charge in [-0.2, -0.15) is 0 Å². The number of H-pyrrole nitrogens is 1. The molecule has 0 fully saturated rings. The van der Waals surface area contributed by atoms with E-state index in [0.717, 1.165) is 16.8 Å². The maximum Gasteiger partial charge on any atom is 0.230 e. The minimum atomic E-state index is -0.813. The van der Waals surface area contributed by atoms with Crippen LogP contribution in [0.2, 0.25) is 0 Å². The van der Waals surface area contributed by atoms with Crippen LogP contribution in [0.1, 0.15) is 19.4 Å². The summed E-state index contributed by atoms with van der Waals surface area (Å²) in [6.07, 6.45) is 1.76. The monoisotopic (exact) mass is 370 g/mol. The summed E-state index contributed by atoms with van der Waals surface area (Å²) in [5.74, 6) is 0.988. The van der Waals surface area contributed by atoms with Crippen molar-refractivity contribution in [3.05, 3.63) is 60.0 Å². The average molecular weight is 370 g/mol. The third-order valence-corrected chi connectivity index (χ3v) is 4.60. The fourth-order valence-electron chi connectivity index (χ4n) is 2.96. The first-order valence-corrected chi connectivity index (χ1v) is 8.74. The summed E-state index contributed by atoms with van der Waals surface area (Å²) in [6, 6.07) is 11.8. The molecule has 3 aromatic rings. The quantitative estimate of drug-likeness (QED) is 0.622. The van der Waals surface area contributed by atoms with Crippen molar-refractivity contribution in [1.82, 2.24) is 10.3 Å². The molecule has 0 spiro atoms. The van der Waals surface area contributed by atoms with Crippen molar-refractivity contribution in [2.75, 3.05) is 20.3 Å². The van der Waals surface area contributed by atoms with Gasteiger partial charge in [0, 0.05) is 17.1 Å². The molecule has 3 rings (SSSR count). The van der Waals surface area contributed by atoms with E-state index in [-0.39, 0.29) is 11.7 Å². The SMILES string of the molecule is COc1ccc(OCCNC(=O)C(C)(C)c2c[nH]c3ccc(F)cc23)cc1. The third-order valence-electron chi connectivity index (χ3n) is 4.60. The van der Waals surface area contributed by atoms with Gasteiger partial charge in [0.05, 0.1) is 19.1 Å². The van der Waals surface area contributed by atoms with E-state index in [9.17, 15) is 9.18 Å². The molecule has 1 aromatic heterocycles. The Kier molecular flexibility index (Phi) is 5.35. The van der Waals surface area contributed by atoms with Gasteiger partial charge in [0.2, 0.25) is 5.91 Å². The molecule has 27 heavy (non-hydrogen) atoms. The summed E-state index contributed by atoms with van der Waals surface area (Å²) in [4.78, 5) is 15.8. The zero-order valence-corrected chi connectivity index (χ0v) is 15.6. The second-order valence-electron chi connectivity index (χ2n) is 6.80. The Bertz CT molecular complexity index is 932. The van der Waals surface area contributed by atoms with E-state index in [1.165, 1.54) is 12.1 Å². The first kappa shape index (κ1) is 18.8. The molecule has 1 amide bonds. The minimum absolute atomic E-state index is 0.147. The fourth-order valence-corrected chi connectivity index (χ4v) is 2.96. The summed E-state index contributed by atoms with van der Waals surface area (Å²) in [5, 5.41) is 3.60. The third kappa shape index (κ3) is 4.05. The smallest absolute Gasteiger partial charge is 0.230 e. The number of aromatic amines is 1. The highest BCUT2D eigenvalue weighted by Gasteiger charge is 2.32. The van der Waals surface area contributed by atoms with Crippen LogP contribution in [-0.2, 0) is 10.2 Å². The lowest BCUT2D eigenvalue weighted by atomic mass is 9.83. The van der Waals surface area contributed by atoms with Crippen molar-refractivity contribution in [2.45, 2.75) is 19.3 Å². The molecule has 1 heterocycles. The molecule has 0 saturated heterocycles. The van der Waals surface area contributed by atoms with E-state index >= 15 is 0 Å². The lowest BCUT2D eigenvalue weighted by Crippen LogP contribution is -2.41. The van der Waals surface area contributed by atoms with Crippen LogP contribution in [0.3, 0.4) is 0 Å². The number of ether oxygens (including phenoxy) is 2. The van der Waals surface area contributed by atoms with Crippen molar-refractivity contribution in [1.29, 1.82) is 0 Å². The Morgan fingerprint density at radius 1 is 1.15 bits per heavy atom. The molecule has 5 nitrogen and oxygen atoms in total. The first-order chi connectivity index (χ1) is 12.9. The number of hydrogen-bond donors (Lipinski definition) is 2. The van der Waals surface area contributed by atoms with Gasteiger partial charge >= 0.3 is 0 Å². The summed E-state index contributed by atoms with van der Waals surface area (Å²) in [6.45, 7) is 4.35. The van der Waals surface area contributed by atoms with Crippen LogP contribution in [0.5, 0.6) is 11.5 Å². The van der Waals surface area contributed by atoms with Crippen LogP contribution in [0.4, 0.5) is 4.39 Å². The van der Waals surface area contributed by atoms with E-state index < -0.39 is 5.41 Å². The summed E-state index contributed by atoms with van der Waals surface area (Å²) >= 11 is 0. The summed E-state index contributed by atoms with van der Waals surface area (Å²) in [5.41, 5.74) is 0.743. The summed E-state index contributed by atoms with van der Waals surface area (Å²) < 4.78 is 24.3. The number of halogens is 1. The molecule has 0 radical (unpaired) electrons. The van der Waals surface area contributed by atoms with E-state index in [2.05, 4.69) is 10.3 Å². The maximum atomic E-state index is 13.6. The van der Waals surface area contributed by atoms with E-state index in [4.69, 9.17) is 9.47 Å². The first-order valence-electron chi connectivity index (χ1n) is 8.74. The zero-order chi connectivity index (χ0) is 19.4. The molecular formula is C21H23FN2O3. The Morgan fingerprint density at radius 3 is 2.56 bits per heavy atom. The molecule has 0 bridgehead atoms. The van der Waals surface area contributed by atoms with Crippen LogP contribution in [-0.4, -0.2) is 31.2 Å². The molecule has 0 aliphatic heterocycles. The number of methoxy groups -OCH3 is 1. The van der Waals surface area contributed by atoms with E-state index in [1.807, 2.05) is 38.1 Å². The van der Waals surface area contributed by atoms with Gasteiger partial charge in [-0.1, -0.05) is 0 Å². The lowest BCUT2D eigenvalue weighted by molar-refractivity contribution is -0.125. The molecule has 0 aliphatic carbocycles. The van der Waals surface area contributed by atoms with Crippen LogP contribution in [0, 0.1) is 5.82 Å². The van der Waals surface area contributed by atoms with Crippen LogP contribution in [0.15, 0.2) is 48.7 Å². The van der Waals surface area contributed by atoms with Crippen molar-refractivity contribution < 1.29 is 18.7 Å². The number of benzene rings is 2. The van der Waals surface area contributed by atoms with Gasteiger partial charge in [-0.25, -0.2) is 4.39 Å². The number of carbonyl (C=O) groups excluding carboxylic acids is 1. The Labute approximate surface area is 157 Å². The highest BCUT2D eigenvalue weighted by molar-refractivity contribution is 5.94. The Hall–Kier alpha value is -3.02. The van der Waals surface area contributed by atoms with Gasteiger partial charge < -0.3 is 19.8 Å². The molecule has 0 aliphatic rings. The van der Waals surface area contributed by atoms with Gasteiger partial charge in [0.1, 0.15) is 23.9 Å². The molecule has 2 N–H and O–H groups in total. The Morgan fingerprint density at radius 2 is 1.85 bits per heavy atom. The predicted octanol–water partition coefficient (Wildman–Crippen LogP) is 3.79. The van der Waals surface area contributed by atoms with Gasteiger partial charge in [-0.3, -0.25) is 4.79 Å². The largest absolute Gasteiger partial charge is 0.497 e. The highest BCUT2D eigenvalue weighted by atomic mass is 19.1. The number of amides is 1. The normalized spacial score (nSPS) is 11.4. The van der Waals surface area contributed by atoms with Crippen molar-refractivity contribution in [3.63, 3.8) is 0 Å². The molecular weight excluding hydrogens is 347 g/mol. The fraction of sp³-hybridized carbons (Fsp3) is 0.286. The van der Waals surface area contributed by atoms with Crippen LogP contribution >= 0.6 is 0 Å². The molecule has 0 atom stereocenters. The highest BCUT2D eigenvalue weighted by Crippen LogP contribution is 2.31. The number of nitrogens with one attached hydrogen (secondary N) is 2. The second kappa shape index (κ2) is 7.70.